The quantitative estimate of drug-likeness (QED) is 0.531. The zero-order valence-electron chi connectivity index (χ0n) is 15.4. The summed E-state index contributed by atoms with van der Waals surface area (Å²) in [5.74, 6) is -0.913. The number of benzene rings is 1. The summed E-state index contributed by atoms with van der Waals surface area (Å²) in [6.45, 7) is 7.01. The molecule has 0 amide bonds. The number of carbonyl (C=O) groups is 2. The van der Waals surface area contributed by atoms with E-state index in [2.05, 4.69) is 5.73 Å². The molecule has 5 heteroatoms. The smallest absolute Gasteiger partial charge is 0.340 e. The van der Waals surface area contributed by atoms with Crippen LogP contribution in [0.15, 0.2) is 47.7 Å². The number of methoxy groups -OCH3 is 1. The van der Waals surface area contributed by atoms with E-state index in [1.54, 1.807) is 25.1 Å². The molecule has 0 bridgehead atoms. The molecule has 0 saturated carbocycles. The Morgan fingerprint density at radius 3 is 2.32 bits per heavy atom. The van der Waals surface area contributed by atoms with Crippen LogP contribution in [0.3, 0.4) is 0 Å². The first-order chi connectivity index (χ1) is 11.9. The first kappa shape index (κ1) is 20.7. The van der Waals surface area contributed by atoms with Crippen LogP contribution in [0, 0.1) is 5.92 Å². The van der Waals surface area contributed by atoms with Crippen molar-refractivity contribution >= 4 is 11.9 Å². The molecule has 25 heavy (non-hydrogen) atoms. The molecule has 0 fully saturated rings. The molecule has 1 aromatic rings. The number of rotatable bonds is 8. The molecular formula is C20H26O5. The molecule has 0 aliphatic rings. The van der Waals surface area contributed by atoms with Gasteiger partial charge in [0.2, 0.25) is 0 Å². The molecule has 1 aromatic carbocycles. The number of esters is 2. The third kappa shape index (κ3) is 6.57. The van der Waals surface area contributed by atoms with E-state index in [9.17, 15) is 9.59 Å². The molecule has 0 heterocycles. The normalized spacial score (nSPS) is 12.7. The van der Waals surface area contributed by atoms with E-state index in [0.717, 1.165) is 0 Å². The minimum atomic E-state index is -0.817. The lowest BCUT2D eigenvalue weighted by Gasteiger charge is -2.25. The van der Waals surface area contributed by atoms with Crippen molar-refractivity contribution in [1.29, 1.82) is 0 Å². The summed E-state index contributed by atoms with van der Waals surface area (Å²) in [6.07, 6.45) is 0.319. The summed E-state index contributed by atoms with van der Waals surface area (Å²) in [6, 6.07) is 9.15. The summed E-state index contributed by atoms with van der Waals surface area (Å²) in [4.78, 5) is 23.7. The van der Waals surface area contributed by atoms with Crippen LogP contribution in [0.25, 0.3) is 0 Å². The van der Waals surface area contributed by atoms with Gasteiger partial charge in [0, 0.05) is 19.6 Å². The van der Waals surface area contributed by atoms with Crippen molar-refractivity contribution in [1.82, 2.24) is 0 Å². The van der Waals surface area contributed by atoms with Gasteiger partial charge < -0.3 is 14.2 Å². The van der Waals surface area contributed by atoms with E-state index in [0.29, 0.717) is 11.1 Å². The molecule has 136 valence electrons. The monoisotopic (exact) mass is 346 g/mol. The second kappa shape index (κ2) is 10.5. The fraction of sp³-hybridized carbons (Fsp3) is 0.450. The summed E-state index contributed by atoms with van der Waals surface area (Å²) >= 11 is 0. The lowest BCUT2D eigenvalue weighted by molar-refractivity contribution is -0.162. The molecule has 0 aliphatic heterocycles. The number of carbonyl (C=O) groups excluding carboxylic acids is 2. The van der Waals surface area contributed by atoms with Crippen LogP contribution in [-0.2, 0) is 23.8 Å². The largest absolute Gasteiger partial charge is 0.461 e. The number of hydrogen-bond acceptors (Lipinski definition) is 5. The van der Waals surface area contributed by atoms with Crippen LogP contribution in [0.4, 0.5) is 0 Å². The van der Waals surface area contributed by atoms with Crippen molar-refractivity contribution in [3.8, 4) is 0 Å². The second-order valence-corrected chi connectivity index (χ2v) is 5.87. The van der Waals surface area contributed by atoms with Crippen molar-refractivity contribution in [2.75, 3.05) is 13.7 Å². The fourth-order valence-electron chi connectivity index (χ4n) is 2.36. The molecule has 0 unspecified atom stereocenters. The van der Waals surface area contributed by atoms with Gasteiger partial charge in [-0.3, -0.25) is 4.79 Å². The summed E-state index contributed by atoms with van der Waals surface area (Å²) in [5.41, 5.74) is 4.34. The van der Waals surface area contributed by atoms with Gasteiger partial charge in [-0.15, -0.1) is 5.73 Å². The van der Waals surface area contributed by atoms with Gasteiger partial charge in [-0.25, -0.2) is 4.79 Å². The fourth-order valence-corrected chi connectivity index (χ4v) is 2.36. The third-order valence-corrected chi connectivity index (χ3v) is 3.50. The Morgan fingerprint density at radius 2 is 1.84 bits per heavy atom. The summed E-state index contributed by atoms with van der Waals surface area (Å²) in [7, 11) is 1.46. The molecule has 5 nitrogen and oxygen atoms in total. The maximum atomic E-state index is 12.6. The average molecular weight is 346 g/mol. The van der Waals surface area contributed by atoms with Gasteiger partial charge in [0.05, 0.1) is 0 Å². The van der Waals surface area contributed by atoms with Crippen LogP contribution in [-0.4, -0.2) is 31.8 Å². The topological polar surface area (TPSA) is 61.8 Å². The average Bonchev–Trinajstić information content (AvgIpc) is 2.58. The zero-order valence-corrected chi connectivity index (χ0v) is 15.4. The maximum absolute atomic E-state index is 12.6. The maximum Gasteiger partial charge on any atom is 0.340 e. The van der Waals surface area contributed by atoms with Crippen molar-refractivity contribution in [2.45, 2.75) is 39.9 Å². The van der Waals surface area contributed by atoms with Gasteiger partial charge in [-0.1, -0.05) is 44.2 Å². The third-order valence-electron chi connectivity index (χ3n) is 3.50. The Balaban J connectivity index is 3.00. The highest BCUT2D eigenvalue weighted by Gasteiger charge is 2.29. The van der Waals surface area contributed by atoms with Crippen molar-refractivity contribution in [3.63, 3.8) is 0 Å². The van der Waals surface area contributed by atoms with Crippen LogP contribution in [0.1, 0.15) is 39.4 Å². The molecule has 0 aromatic heterocycles. The molecule has 0 N–H and O–H groups in total. The highest BCUT2D eigenvalue weighted by atomic mass is 16.6. The van der Waals surface area contributed by atoms with Gasteiger partial charge in [0.1, 0.15) is 12.7 Å². The van der Waals surface area contributed by atoms with Gasteiger partial charge in [0.15, 0.2) is 6.10 Å². The Hall–Kier alpha value is -2.36. The first-order valence-electron chi connectivity index (χ1n) is 8.22. The molecule has 0 radical (unpaired) electrons. The van der Waals surface area contributed by atoms with Gasteiger partial charge in [0.25, 0.3) is 0 Å². The minimum Gasteiger partial charge on any atom is -0.461 e. The predicted octanol–water partition coefficient (Wildman–Crippen LogP) is 3.61. The van der Waals surface area contributed by atoms with E-state index in [-0.39, 0.29) is 12.5 Å². The molecular weight excluding hydrogens is 320 g/mol. The van der Waals surface area contributed by atoms with E-state index in [4.69, 9.17) is 14.2 Å². The lowest BCUT2D eigenvalue weighted by Crippen LogP contribution is -2.31. The highest BCUT2D eigenvalue weighted by molar-refractivity contribution is 5.77. The zero-order chi connectivity index (χ0) is 18.8. The Labute approximate surface area is 149 Å². The molecule has 0 spiro atoms. The molecule has 0 aliphatic carbocycles. The Morgan fingerprint density at radius 1 is 1.20 bits per heavy atom. The summed E-state index contributed by atoms with van der Waals surface area (Å²) < 4.78 is 16.1. The van der Waals surface area contributed by atoms with Crippen molar-refractivity contribution < 1.29 is 23.8 Å². The second-order valence-electron chi connectivity index (χ2n) is 5.87. The van der Waals surface area contributed by atoms with E-state index >= 15 is 0 Å². The first-order valence-corrected chi connectivity index (χ1v) is 8.22. The van der Waals surface area contributed by atoms with Crippen LogP contribution >= 0.6 is 0 Å². The van der Waals surface area contributed by atoms with Crippen LogP contribution in [0.5, 0.6) is 0 Å². The van der Waals surface area contributed by atoms with E-state index < -0.39 is 24.1 Å². The van der Waals surface area contributed by atoms with Gasteiger partial charge in [-0.05, 0) is 24.5 Å². The lowest BCUT2D eigenvalue weighted by atomic mass is 9.99. The predicted molar refractivity (Wildman–Crippen MR) is 94.8 cm³/mol. The number of ether oxygens (including phenoxy) is 3. The molecule has 1 rings (SSSR count). The molecule has 0 saturated heterocycles. The SMILES string of the molecule is CC=C=C(COC(C)=O)[C@@H](OC(=O)[C@@H](OC)c1ccccc1)C(C)C. The Bertz CT molecular complexity index is 627. The van der Waals surface area contributed by atoms with E-state index in [1.165, 1.54) is 14.0 Å². The van der Waals surface area contributed by atoms with E-state index in [1.807, 2.05) is 32.0 Å². The van der Waals surface area contributed by atoms with Crippen molar-refractivity contribution in [3.05, 3.63) is 53.3 Å². The van der Waals surface area contributed by atoms with Gasteiger partial charge in [-0.2, -0.15) is 0 Å². The van der Waals surface area contributed by atoms with Crippen LogP contribution < -0.4 is 0 Å². The highest BCUT2D eigenvalue weighted by Crippen LogP contribution is 2.23. The minimum absolute atomic E-state index is 0.0183. The number of hydrogen-bond donors (Lipinski definition) is 0. The van der Waals surface area contributed by atoms with Crippen molar-refractivity contribution in [2.24, 2.45) is 5.92 Å². The standard InChI is InChI=1S/C20H26O5/c1-6-10-17(13-24-15(4)21)18(14(2)3)25-20(22)19(23-5)16-11-8-7-9-12-16/h6-9,11-12,14,18-19H,13H2,1-5H3/t10?,18-,19-/m0/s1. The van der Waals surface area contributed by atoms with Gasteiger partial charge >= 0.3 is 11.9 Å². The summed E-state index contributed by atoms with van der Waals surface area (Å²) in [5, 5.41) is 0. The van der Waals surface area contributed by atoms with Crippen LogP contribution in [0.2, 0.25) is 0 Å². The molecule has 2 atom stereocenters. The Kier molecular flexibility index (Phi) is 8.68.